The van der Waals surface area contributed by atoms with Crippen LogP contribution in [0.15, 0.2) is 84.9 Å². The second kappa shape index (κ2) is 9.40. The van der Waals surface area contributed by atoms with Gasteiger partial charge in [0.2, 0.25) is 0 Å². The van der Waals surface area contributed by atoms with Crippen molar-refractivity contribution in [2.75, 3.05) is 0 Å². The Morgan fingerprint density at radius 2 is 0.941 bits per heavy atom. The third-order valence-electron chi connectivity index (χ3n) is 8.82. The molecule has 0 fully saturated rings. The van der Waals surface area contributed by atoms with E-state index in [1.807, 2.05) is 0 Å². The molecule has 4 aromatic rings. The monoisotopic (exact) mass is 626 g/mol. The van der Waals surface area contributed by atoms with Gasteiger partial charge in [-0.25, -0.2) is 0 Å². The molecule has 0 saturated heterocycles. The zero-order valence-electron chi connectivity index (χ0n) is 19.9. The molecule has 0 saturated carbocycles. The Morgan fingerprint density at radius 1 is 0.559 bits per heavy atom. The Balaban J connectivity index is 0.00000137. The molecule has 2 aliphatic carbocycles. The topological polar surface area (TPSA) is 0 Å². The van der Waals surface area contributed by atoms with E-state index in [2.05, 4.69) is 98.8 Å². The predicted octanol–water partition coefficient (Wildman–Crippen LogP) is 6.74. The number of hydrogen-bond acceptors (Lipinski definition) is 0. The fourth-order valence-electron chi connectivity index (χ4n) is 6.70. The molecule has 2 aliphatic rings. The van der Waals surface area contributed by atoms with Crippen molar-refractivity contribution in [3.63, 3.8) is 0 Å². The van der Waals surface area contributed by atoms with Gasteiger partial charge in [-0.3, -0.25) is 0 Å². The van der Waals surface area contributed by atoms with Crippen LogP contribution in [0, 0.1) is 0 Å². The van der Waals surface area contributed by atoms with Crippen molar-refractivity contribution in [2.45, 2.75) is 34.9 Å². The molecule has 0 aromatic heterocycles. The Hall–Kier alpha value is -1.11. The summed E-state index contributed by atoms with van der Waals surface area (Å²) in [5.41, 5.74) is 12.3. The van der Waals surface area contributed by atoms with Gasteiger partial charge < -0.3 is 0 Å². The first-order chi connectivity index (χ1) is 15.6. The van der Waals surface area contributed by atoms with Crippen LogP contribution in [-0.2, 0) is 28.5 Å². The SMILES string of the molecule is C[CH2][Zr](=[GeH2])([CH2]C)([c]1cccc2c1Cc1ccccc1-2)[c]1cccc2c1Cc1ccccc1-2.Cl.Cl. The second-order valence-corrected chi connectivity index (χ2v) is 46.8. The van der Waals surface area contributed by atoms with E-state index in [1.165, 1.54) is 53.8 Å². The summed E-state index contributed by atoms with van der Waals surface area (Å²) in [5, 5.41) is 0. The van der Waals surface area contributed by atoms with Crippen molar-refractivity contribution in [1.29, 1.82) is 0 Å². The molecule has 0 spiro atoms. The molecule has 0 atom stereocenters. The molecule has 0 radical (unpaired) electrons. The van der Waals surface area contributed by atoms with Crippen molar-refractivity contribution >= 4 is 43.5 Å². The van der Waals surface area contributed by atoms with E-state index >= 15 is 0 Å². The minimum atomic E-state index is -3.45. The molecule has 0 heterocycles. The Kier molecular flexibility index (Phi) is 7.18. The molecule has 4 aromatic carbocycles. The van der Waals surface area contributed by atoms with Gasteiger partial charge in [0.05, 0.1) is 0 Å². The maximum absolute atomic E-state index is 3.45. The maximum atomic E-state index is 2.55. The minimum absolute atomic E-state index is 0. The van der Waals surface area contributed by atoms with Gasteiger partial charge in [-0.2, -0.15) is 0 Å². The third kappa shape index (κ3) is 3.49. The molecule has 0 unspecified atom stereocenters. The number of benzene rings is 4. The van der Waals surface area contributed by atoms with Crippen LogP contribution < -0.4 is 6.54 Å². The van der Waals surface area contributed by atoms with Gasteiger partial charge in [-0.15, -0.1) is 24.8 Å². The van der Waals surface area contributed by atoms with Crippen LogP contribution in [-0.4, -0.2) is 12.1 Å². The molecule has 6 rings (SSSR count). The van der Waals surface area contributed by atoms with E-state index < -0.39 is 15.7 Å². The van der Waals surface area contributed by atoms with Gasteiger partial charge in [0.15, 0.2) is 0 Å². The van der Waals surface area contributed by atoms with E-state index in [9.17, 15) is 0 Å². The maximum Gasteiger partial charge on any atom is -0.147 e. The predicted molar refractivity (Wildman–Crippen MR) is 153 cm³/mol. The average molecular weight is 627 g/mol. The molecule has 34 heavy (non-hydrogen) atoms. The van der Waals surface area contributed by atoms with Crippen molar-refractivity contribution in [2.24, 2.45) is 0 Å². The van der Waals surface area contributed by atoms with Crippen LogP contribution >= 0.6 is 24.8 Å². The largest absolute Gasteiger partial charge is 0.147 e. The standard InChI is InChI=1S/2C13H9.2C2H5.2ClH.GeH2.Zr/c2*1-3-7-12-10(5-1)9-11-6-2-4-8-13(11)12;2*1-2;;;;/h2*1-5,7-8H,9H2;2*1H2,2H3;2*1H;1H2;. The van der Waals surface area contributed by atoms with Crippen molar-refractivity contribution < 1.29 is 15.7 Å². The summed E-state index contributed by atoms with van der Waals surface area (Å²) in [4.78, 5) is 0. The molecule has 0 nitrogen and oxygen atoms in total. The fraction of sp³-hybridized carbons (Fsp3) is 0.200. The summed E-state index contributed by atoms with van der Waals surface area (Å²) in [6, 6.07) is 32.7. The normalized spacial score (nSPS) is 13.1. The Labute approximate surface area is 221 Å². The summed E-state index contributed by atoms with van der Waals surface area (Å²) in [5.74, 6) is 0. The van der Waals surface area contributed by atoms with Crippen molar-refractivity contribution in [3.8, 4) is 22.3 Å². The van der Waals surface area contributed by atoms with Gasteiger partial charge in [0.25, 0.3) is 0 Å². The van der Waals surface area contributed by atoms with Gasteiger partial charge in [-0.1, -0.05) is 0 Å². The summed E-state index contributed by atoms with van der Waals surface area (Å²) in [6.45, 7) is 5.03. The van der Waals surface area contributed by atoms with Crippen LogP contribution in [0.3, 0.4) is 0 Å². The quantitative estimate of drug-likeness (QED) is 0.190. The molecule has 0 bridgehead atoms. The van der Waals surface area contributed by atoms with Crippen LogP contribution in [0.5, 0.6) is 0 Å². The smallest absolute Gasteiger partial charge is 0.147 e. The summed E-state index contributed by atoms with van der Waals surface area (Å²) in [6.07, 6.45) is 2.22. The average Bonchev–Trinajstić information content (AvgIpc) is 3.42. The molecule has 0 aliphatic heterocycles. The molecule has 4 heteroatoms. The van der Waals surface area contributed by atoms with Crippen molar-refractivity contribution in [3.05, 3.63) is 107 Å². The zero-order chi connectivity index (χ0) is 21.9. The van der Waals surface area contributed by atoms with E-state index in [0.29, 0.717) is 0 Å². The number of rotatable bonds is 4. The van der Waals surface area contributed by atoms with Crippen molar-refractivity contribution in [1.82, 2.24) is 0 Å². The van der Waals surface area contributed by atoms with E-state index in [-0.39, 0.29) is 24.8 Å². The Morgan fingerprint density at radius 3 is 1.35 bits per heavy atom. The van der Waals surface area contributed by atoms with Gasteiger partial charge in [0, 0.05) is 0 Å². The summed E-state index contributed by atoms with van der Waals surface area (Å²) in [7, 11) is 0. The first-order valence-electron chi connectivity index (χ1n) is 12.0. The molecule has 174 valence electrons. The fourth-order valence-corrected chi connectivity index (χ4v) is 28.2. The molecular weight excluding hydrogens is 595 g/mol. The van der Waals surface area contributed by atoms with Gasteiger partial charge in [0.1, 0.15) is 0 Å². The molecule has 0 amide bonds. The first kappa shape index (κ1) is 26.0. The number of hydrogen-bond donors (Lipinski definition) is 0. The van der Waals surface area contributed by atoms with E-state index in [1.54, 1.807) is 17.7 Å². The van der Waals surface area contributed by atoms with Gasteiger partial charge >= 0.3 is 199 Å². The number of halogens is 2. The third-order valence-corrected chi connectivity index (χ3v) is 48.3. The Bertz CT molecular complexity index is 1360. The number of fused-ring (bicyclic) bond motifs is 6. The molecular formula is C30H32Cl2GeZr. The first-order valence-corrected chi connectivity index (χ1v) is 28.5. The van der Waals surface area contributed by atoms with E-state index in [0.717, 1.165) is 12.8 Å². The van der Waals surface area contributed by atoms with Gasteiger partial charge in [-0.05, 0) is 0 Å². The summed E-state index contributed by atoms with van der Waals surface area (Å²) < 4.78 is 6.26. The van der Waals surface area contributed by atoms with Crippen LogP contribution in [0.4, 0.5) is 0 Å². The van der Waals surface area contributed by atoms with Crippen LogP contribution in [0.25, 0.3) is 22.3 Å². The second-order valence-electron chi connectivity index (χ2n) is 9.97. The minimum Gasteiger partial charge on any atom is -0.147 e. The molecule has 0 N–H and O–H groups in total. The zero-order valence-corrected chi connectivity index (χ0v) is 27.0. The van der Waals surface area contributed by atoms with E-state index in [4.69, 9.17) is 0 Å². The van der Waals surface area contributed by atoms with Crippen LogP contribution in [0.2, 0.25) is 8.26 Å². The van der Waals surface area contributed by atoms with Crippen LogP contribution in [0.1, 0.15) is 36.1 Å². The summed E-state index contributed by atoms with van der Waals surface area (Å²) >= 11 is -2.02.